The highest BCUT2D eigenvalue weighted by Gasteiger charge is 2.23. The number of hydrogen-bond acceptors (Lipinski definition) is 4. The molecular weight excluding hydrogens is 206 g/mol. The van der Waals surface area contributed by atoms with Crippen molar-refractivity contribution in [1.82, 2.24) is 0 Å². The first kappa shape index (κ1) is 11.2. The molecule has 1 aromatic rings. The Labute approximate surface area is 95.0 Å². The summed E-state index contributed by atoms with van der Waals surface area (Å²) >= 11 is 0. The summed E-state index contributed by atoms with van der Waals surface area (Å²) in [5, 5.41) is 9.76. The Bertz CT molecular complexity index is 367. The van der Waals surface area contributed by atoms with Crippen molar-refractivity contribution in [2.45, 2.75) is 18.9 Å². The quantitative estimate of drug-likeness (QED) is 0.798. The summed E-state index contributed by atoms with van der Waals surface area (Å²) in [7, 11) is 0. The minimum Gasteiger partial charge on any atom is -0.486 e. The minimum absolute atomic E-state index is 0.0540. The maximum absolute atomic E-state index is 9.76. The molecule has 1 heterocycles. The van der Waals surface area contributed by atoms with Gasteiger partial charge in [-0.05, 0) is 6.07 Å². The fourth-order valence-electron chi connectivity index (χ4n) is 1.87. The lowest BCUT2D eigenvalue weighted by atomic mass is 9.94. The van der Waals surface area contributed by atoms with Crippen molar-refractivity contribution in [2.75, 3.05) is 19.8 Å². The van der Waals surface area contributed by atoms with Crippen LogP contribution in [0, 0.1) is 0 Å². The molecule has 0 saturated carbocycles. The van der Waals surface area contributed by atoms with Gasteiger partial charge in [-0.1, -0.05) is 19.1 Å². The van der Waals surface area contributed by atoms with Gasteiger partial charge in [0.05, 0.1) is 6.10 Å². The molecule has 16 heavy (non-hydrogen) atoms. The SMILES string of the molecule is CC(c1cccc2c1OCCO2)C(O)CN. The van der Waals surface area contributed by atoms with Crippen molar-refractivity contribution in [2.24, 2.45) is 5.73 Å². The Balaban J connectivity index is 2.33. The van der Waals surface area contributed by atoms with E-state index in [1.807, 2.05) is 25.1 Å². The highest BCUT2D eigenvalue weighted by atomic mass is 16.6. The van der Waals surface area contributed by atoms with Crippen LogP contribution in [0.3, 0.4) is 0 Å². The van der Waals surface area contributed by atoms with Crippen LogP contribution < -0.4 is 15.2 Å². The van der Waals surface area contributed by atoms with Crippen LogP contribution >= 0.6 is 0 Å². The first-order chi connectivity index (χ1) is 7.74. The van der Waals surface area contributed by atoms with Crippen molar-refractivity contribution in [1.29, 1.82) is 0 Å². The highest BCUT2D eigenvalue weighted by molar-refractivity contribution is 5.49. The molecule has 0 radical (unpaired) electrons. The minimum atomic E-state index is -0.558. The number of nitrogens with two attached hydrogens (primary N) is 1. The number of para-hydroxylation sites is 1. The van der Waals surface area contributed by atoms with Gasteiger partial charge in [-0.2, -0.15) is 0 Å². The molecule has 1 aliphatic rings. The van der Waals surface area contributed by atoms with Gasteiger partial charge in [-0.15, -0.1) is 0 Å². The Morgan fingerprint density at radius 1 is 1.38 bits per heavy atom. The summed E-state index contributed by atoms with van der Waals surface area (Å²) in [6, 6.07) is 5.72. The first-order valence-corrected chi connectivity index (χ1v) is 5.50. The zero-order valence-corrected chi connectivity index (χ0v) is 9.35. The summed E-state index contributed by atoms with van der Waals surface area (Å²) in [6.07, 6.45) is -0.558. The van der Waals surface area contributed by atoms with Gasteiger partial charge < -0.3 is 20.3 Å². The molecule has 1 aliphatic heterocycles. The number of rotatable bonds is 3. The van der Waals surface area contributed by atoms with E-state index in [1.165, 1.54) is 0 Å². The molecule has 3 N–H and O–H groups in total. The molecule has 1 aromatic carbocycles. The molecule has 2 rings (SSSR count). The van der Waals surface area contributed by atoms with E-state index in [0.717, 1.165) is 17.1 Å². The van der Waals surface area contributed by atoms with Crippen molar-refractivity contribution < 1.29 is 14.6 Å². The van der Waals surface area contributed by atoms with Gasteiger partial charge in [0.1, 0.15) is 13.2 Å². The van der Waals surface area contributed by atoms with E-state index >= 15 is 0 Å². The van der Waals surface area contributed by atoms with Crippen molar-refractivity contribution in [3.63, 3.8) is 0 Å². The van der Waals surface area contributed by atoms with E-state index in [4.69, 9.17) is 15.2 Å². The molecule has 0 amide bonds. The standard InChI is InChI=1S/C12H17NO3/c1-8(10(14)7-13)9-3-2-4-11-12(9)16-6-5-15-11/h2-4,8,10,14H,5-7,13H2,1H3. The molecule has 0 aromatic heterocycles. The average Bonchev–Trinajstić information content (AvgIpc) is 2.36. The lowest BCUT2D eigenvalue weighted by Crippen LogP contribution is -2.26. The molecule has 0 fully saturated rings. The summed E-state index contributed by atoms with van der Waals surface area (Å²) in [4.78, 5) is 0. The van der Waals surface area contributed by atoms with E-state index in [0.29, 0.717) is 13.2 Å². The van der Waals surface area contributed by atoms with Gasteiger partial charge in [0, 0.05) is 18.0 Å². The molecule has 0 saturated heterocycles. The molecule has 2 unspecified atom stereocenters. The molecule has 0 aliphatic carbocycles. The van der Waals surface area contributed by atoms with Crippen LogP contribution in [0.15, 0.2) is 18.2 Å². The number of benzene rings is 1. The predicted molar refractivity (Wildman–Crippen MR) is 60.9 cm³/mol. The average molecular weight is 223 g/mol. The van der Waals surface area contributed by atoms with Gasteiger partial charge in [-0.25, -0.2) is 0 Å². The lowest BCUT2D eigenvalue weighted by Gasteiger charge is -2.25. The third kappa shape index (κ3) is 1.99. The number of hydrogen-bond donors (Lipinski definition) is 2. The summed E-state index contributed by atoms with van der Waals surface area (Å²) in [6.45, 7) is 3.30. The molecule has 4 heteroatoms. The van der Waals surface area contributed by atoms with E-state index in [2.05, 4.69) is 0 Å². The topological polar surface area (TPSA) is 64.7 Å². The fraction of sp³-hybridized carbons (Fsp3) is 0.500. The van der Waals surface area contributed by atoms with Gasteiger partial charge >= 0.3 is 0 Å². The van der Waals surface area contributed by atoms with Crippen molar-refractivity contribution in [3.05, 3.63) is 23.8 Å². The number of aliphatic hydroxyl groups excluding tert-OH is 1. The van der Waals surface area contributed by atoms with E-state index in [9.17, 15) is 5.11 Å². The van der Waals surface area contributed by atoms with Crippen molar-refractivity contribution in [3.8, 4) is 11.5 Å². The Hall–Kier alpha value is -1.26. The zero-order chi connectivity index (χ0) is 11.5. The maximum Gasteiger partial charge on any atom is 0.164 e. The Kier molecular flexibility index (Phi) is 3.31. The van der Waals surface area contributed by atoms with Crippen LogP contribution in [0.5, 0.6) is 11.5 Å². The normalized spacial score (nSPS) is 17.9. The Morgan fingerprint density at radius 3 is 2.88 bits per heavy atom. The highest BCUT2D eigenvalue weighted by Crippen LogP contribution is 2.38. The van der Waals surface area contributed by atoms with E-state index in [-0.39, 0.29) is 12.5 Å². The van der Waals surface area contributed by atoms with Gasteiger partial charge in [0.15, 0.2) is 11.5 Å². The number of aliphatic hydroxyl groups is 1. The van der Waals surface area contributed by atoms with Crippen LogP contribution in [0.1, 0.15) is 18.4 Å². The first-order valence-electron chi connectivity index (χ1n) is 5.50. The second-order valence-corrected chi connectivity index (χ2v) is 3.96. The van der Waals surface area contributed by atoms with Gasteiger partial charge in [0.25, 0.3) is 0 Å². The molecule has 0 bridgehead atoms. The van der Waals surface area contributed by atoms with E-state index < -0.39 is 6.10 Å². The fourth-order valence-corrected chi connectivity index (χ4v) is 1.87. The van der Waals surface area contributed by atoms with Crippen molar-refractivity contribution >= 4 is 0 Å². The third-order valence-corrected chi connectivity index (χ3v) is 2.91. The summed E-state index contributed by atoms with van der Waals surface area (Å²) in [5.74, 6) is 1.44. The molecule has 2 atom stereocenters. The van der Waals surface area contributed by atoms with E-state index in [1.54, 1.807) is 0 Å². The lowest BCUT2D eigenvalue weighted by molar-refractivity contribution is 0.146. The predicted octanol–water partition coefficient (Wildman–Crippen LogP) is 0.881. The number of ether oxygens (including phenoxy) is 2. The van der Waals surface area contributed by atoms with Crippen LogP contribution in [-0.4, -0.2) is 31.0 Å². The second-order valence-electron chi connectivity index (χ2n) is 3.96. The maximum atomic E-state index is 9.76. The molecule has 88 valence electrons. The molecule has 4 nitrogen and oxygen atoms in total. The van der Waals surface area contributed by atoms with Gasteiger partial charge in [0.2, 0.25) is 0 Å². The zero-order valence-electron chi connectivity index (χ0n) is 9.35. The summed E-state index contributed by atoms with van der Waals surface area (Å²) in [5.41, 5.74) is 6.42. The van der Waals surface area contributed by atoms with Crippen LogP contribution in [-0.2, 0) is 0 Å². The summed E-state index contributed by atoms with van der Waals surface area (Å²) < 4.78 is 11.1. The molecular formula is C12H17NO3. The Morgan fingerprint density at radius 2 is 2.12 bits per heavy atom. The van der Waals surface area contributed by atoms with Crippen LogP contribution in [0.2, 0.25) is 0 Å². The van der Waals surface area contributed by atoms with Crippen LogP contribution in [0.4, 0.5) is 0 Å². The van der Waals surface area contributed by atoms with Crippen LogP contribution in [0.25, 0.3) is 0 Å². The largest absolute Gasteiger partial charge is 0.486 e. The third-order valence-electron chi connectivity index (χ3n) is 2.91. The molecule has 0 spiro atoms. The number of fused-ring (bicyclic) bond motifs is 1. The van der Waals surface area contributed by atoms with Gasteiger partial charge in [-0.3, -0.25) is 0 Å². The smallest absolute Gasteiger partial charge is 0.164 e. The monoisotopic (exact) mass is 223 g/mol. The second kappa shape index (κ2) is 4.72.